The average Bonchev–Trinajstić information content (AvgIpc) is 3.12. The first kappa shape index (κ1) is 15.3. The van der Waals surface area contributed by atoms with Gasteiger partial charge in [-0.15, -0.1) is 0 Å². The van der Waals surface area contributed by atoms with Crippen LogP contribution in [0.1, 0.15) is 11.1 Å². The predicted molar refractivity (Wildman–Crippen MR) is 100 cm³/mol. The first-order valence-electron chi connectivity index (χ1n) is 7.90. The molecule has 0 bridgehead atoms. The number of hydrogen-bond donors (Lipinski definition) is 0. The summed E-state index contributed by atoms with van der Waals surface area (Å²) in [6.07, 6.45) is 3.61. The minimum atomic E-state index is 0.237. The lowest BCUT2D eigenvalue weighted by molar-refractivity contribution is 0.174. The molecule has 0 saturated carbocycles. The lowest BCUT2D eigenvalue weighted by Crippen LogP contribution is -1.92. The van der Waals surface area contributed by atoms with Gasteiger partial charge in [-0.3, -0.25) is 0 Å². The summed E-state index contributed by atoms with van der Waals surface area (Å²) in [7, 11) is 1.65. The molecule has 1 aliphatic heterocycles. The summed E-state index contributed by atoms with van der Waals surface area (Å²) < 4.78 is 16.3. The van der Waals surface area contributed by atoms with Crippen molar-refractivity contribution < 1.29 is 14.2 Å². The van der Waals surface area contributed by atoms with Gasteiger partial charge >= 0.3 is 0 Å². The molecule has 2 aromatic carbocycles. The van der Waals surface area contributed by atoms with E-state index in [1.54, 1.807) is 13.2 Å². The van der Waals surface area contributed by atoms with E-state index in [1.807, 2.05) is 42.5 Å². The molecule has 4 nitrogen and oxygen atoms in total. The lowest BCUT2D eigenvalue weighted by atomic mass is 10.0. The van der Waals surface area contributed by atoms with Crippen LogP contribution in [0, 0.1) is 0 Å². The highest BCUT2D eigenvalue weighted by molar-refractivity contribution is 5.92. The Hall–Kier alpha value is -3.27. The van der Waals surface area contributed by atoms with Gasteiger partial charge in [0.2, 0.25) is 6.79 Å². The zero-order valence-corrected chi connectivity index (χ0v) is 13.9. The Bertz CT molecular complexity index is 1010. The van der Waals surface area contributed by atoms with Crippen molar-refractivity contribution in [3.63, 3.8) is 0 Å². The molecule has 3 aromatic rings. The second kappa shape index (κ2) is 5.98. The van der Waals surface area contributed by atoms with Crippen LogP contribution in [0.2, 0.25) is 0 Å². The lowest BCUT2D eigenvalue weighted by Gasteiger charge is -2.10. The van der Waals surface area contributed by atoms with Gasteiger partial charge in [-0.1, -0.05) is 25.3 Å². The molecule has 1 aromatic heterocycles. The fraction of sp³-hybridized carbons (Fsp3) is 0.0952. The Morgan fingerprint density at radius 3 is 2.52 bits per heavy atom. The summed E-state index contributed by atoms with van der Waals surface area (Å²) >= 11 is 0. The van der Waals surface area contributed by atoms with E-state index in [0.29, 0.717) is 5.75 Å². The van der Waals surface area contributed by atoms with Crippen LogP contribution < -0.4 is 14.2 Å². The summed E-state index contributed by atoms with van der Waals surface area (Å²) in [5.74, 6) is 2.21. The fourth-order valence-corrected chi connectivity index (χ4v) is 2.96. The molecule has 0 spiro atoms. The quantitative estimate of drug-likeness (QED) is 0.680. The highest BCUT2D eigenvalue weighted by Crippen LogP contribution is 2.38. The highest BCUT2D eigenvalue weighted by Gasteiger charge is 2.17. The van der Waals surface area contributed by atoms with Crippen molar-refractivity contribution in [2.45, 2.75) is 0 Å². The van der Waals surface area contributed by atoms with Gasteiger partial charge < -0.3 is 14.2 Å². The smallest absolute Gasteiger partial charge is 0.231 e. The van der Waals surface area contributed by atoms with Crippen molar-refractivity contribution in [1.29, 1.82) is 0 Å². The monoisotopic (exact) mass is 331 g/mol. The normalized spacial score (nSPS) is 12.2. The maximum absolute atomic E-state index is 5.48. The summed E-state index contributed by atoms with van der Waals surface area (Å²) in [6, 6.07) is 11.8. The summed E-state index contributed by atoms with van der Waals surface area (Å²) in [5.41, 5.74) is 4.59. The number of pyridine rings is 1. The molecule has 0 atom stereocenters. The van der Waals surface area contributed by atoms with E-state index in [1.165, 1.54) is 0 Å². The third-order valence-electron chi connectivity index (χ3n) is 4.25. The summed E-state index contributed by atoms with van der Waals surface area (Å²) in [4.78, 5) is 4.81. The van der Waals surface area contributed by atoms with Gasteiger partial charge in [0, 0.05) is 17.0 Å². The Morgan fingerprint density at radius 2 is 1.80 bits per heavy atom. The van der Waals surface area contributed by atoms with Gasteiger partial charge in [-0.2, -0.15) is 0 Å². The van der Waals surface area contributed by atoms with Gasteiger partial charge in [0.25, 0.3) is 0 Å². The molecular formula is C21H17NO3. The third kappa shape index (κ3) is 2.62. The van der Waals surface area contributed by atoms with Crippen LogP contribution in [0.15, 0.2) is 49.6 Å². The van der Waals surface area contributed by atoms with E-state index in [0.717, 1.165) is 44.8 Å². The van der Waals surface area contributed by atoms with Crippen LogP contribution in [0.25, 0.3) is 34.3 Å². The van der Waals surface area contributed by atoms with E-state index in [4.69, 9.17) is 19.2 Å². The Labute approximate surface area is 146 Å². The number of nitrogens with zero attached hydrogens (tertiary/aromatic N) is 1. The zero-order chi connectivity index (χ0) is 17.4. The molecule has 0 amide bonds. The van der Waals surface area contributed by atoms with Crippen molar-refractivity contribution >= 4 is 23.1 Å². The van der Waals surface area contributed by atoms with E-state index in [-0.39, 0.29) is 6.79 Å². The standard InChI is InChI=1S/C21H17NO3/c1-4-13-6-15(8-16(7-13)23-3)18-9-14(5-2)17-10-20-21(25-12-24-20)11-19(17)22-18/h4-11H,1-2,12H2,3H3. The molecule has 124 valence electrons. The van der Waals surface area contributed by atoms with E-state index in [2.05, 4.69) is 13.2 Å². The van der Waals surface area contributed by atoms with E-state index < -0.39 is 0 Å². The maximum Gasteiger partial charge on any atom is 0.231 e. The third-order valence-corrected chi connectivity index (χ3v) is 4.25. The fourth-order valence-electron chi connectivity index (χ4n) is 2.96. The molecular weight excluding hydrogens is 314 g/mol. The van der Waals surface area contributed by atoms with Crippen molar-refractivity contribution in [2.75, 3.05) is 13.9 Å². The number of ether oxygens (including phenoxy) is 3. The Balaban J connectivity index is 1.95. The Kier molecular flexibility index (Phi) is 3.65. The van der Waals surface area contributed by atoms with Crippen LogP contribution in [-0.4, -0.2) is 18.9 Å². The van der Waals surface area contributed by atoms with Gasteiger partial charge in [0.1, 0.15) is 5.75 Å². The number of fused-ring (bicyclic) bond motifs is 2. The topological polar surface area (TPSA) is 40.6 Å². The van der Waals surface area contributed by atoms with Crippen molar-refractivity contribution in [2.24, 2.45) is 0 Å². The number of methoxy groups -OCH3 is 1. The molecule has 1 aliphatic rings. The van der Waals surface area contributed by atoms with Crippen molar-refractivity contribution in [3.8, 4) is 28.5 Å². The number of benzene rings is 2. The molecule has 0 unspecified atom stereocenters. The molecule has 0 N–H and O–H groups in total. The predicted octanol–water partition coefficient (Wildman–Crippen LogP) is 4.93. The second-order valence-corrected chi connectivity index (χ2v) is 5.72. The van der Waals surface area contributed by atoms with Crippen molar-refractivity contribution in [3.05, 3.63) is 60.7 Å². The van der Waals surface area contributed by atoms with Crippen LogP contribution in [0.5, 0.6) is 17.2 Å². The van der Waals surface area contributed by atoms with Crippen LogP contribution >= 0.6 is 0 Å². The van der Waals surface area contributed by atoms with Crippen molar-refractivity contribution in [1.82, 2.24) is 4.98 Å². The first-order chi connectivity index (χ1) is 12.2. The largest absolute Gasteiger partial charge is 0.497 e. The molecule has 25 heavy (non-hydrogen) atoms. The van der Waals surface area contributed by atoms with Crippen LogP contribution in [0.4, 0.5) is 0 Å². The number of rotatable bonds is 4. The molecule has 2 heterocycles. The van der Waals surface area contributed by atoms with E-state index >= 15 is 0 Å². The SMILES string of the molecule is C=Cc1cc(OC)cc(-c2cc(C=C)c3cc4c(cc3n2)OCO4)c1. The maximum atomic E-state index is 5.48. The molecule has 0 saturated heterocycles. The van der Waals surface area contributed by atoms with Crippen LogP contribution in [0.3, 0.4) is 0 Å². The molecule has 4 rings (SSSR count). The minimum absolute atomic E-state index is 0.237. The zero-order valence-electron chi connectivity index (χ0n) is 13.9. The Morgan fingerprint density at radius 1 is 1.00 bits per heavy atom. The molecule has 0 radical (unpaired) electrons. The molecule has 4 heteroatoms. The summed E-state index contributed by atoms with van der Waals surface area (Å²) in [5, 5.41) is 0.981. The van der Waals surface area contributed by atoms with Crippen LogP contribution in [-0.2, 0) is 0 Å². The average molecular weight is 331 g/mol. The van der Waals surface area contributed by atoms with Gasteiger partial charge in [-0.25, -0.2) is 4.98 Å². The molecule has 0 aliphatic carbocycles. The van der Waals surface area contributed by atoms with Gasteiger partial charge in [0.15, 0.2) is 11.5 Å². The van der Waals surface area contributed by atoms with E-state index in [9.17, 15) is 0 Å². The molecule has 0 fully saturated rings. The highest BCUT2D eigenvalue weighted by atomic mass is 16.7. The second-order valence-electron chi connectivity index (χ2n) is 5.72. The summed E-state index contributed by atoms with van der Waals surface area (Å²) in [6.45, 7) is 8.01. The van der Waals surface area contributed by atoms with Gasteiger partial charge in [-0.05, 0) is 41.5 Å². The number of aromatic nitrogens is 1. The number of hydrogen-bond acceptors (Lipinski definition) is 4. The van der Waals surface area contributed by atoms with Gasteiger partial charge in [0.05, 0.1) is 18.3 Å². The minimum Gasteiger partial charge on any atom is -0.497 e. The first-order valence-corrected chi connectivity index (χ1v) is 7.90.